The average Bonchev–Trinajstić information content (AvgIpc) is 3.29. The minimum Gasteiger partial charge on any atom is -0.342 e. The predicted molar refractivity (Wildman–Crippen MR) is 111 cm³/mol. The fourth-order valence-electron chi connectivity index (χ4n) is 3.23. The number of fused-ring (bicyclic) bond motifs is 1. The second-order valence-electron chi connectivity index (χ2n) is 6.77. The summed E-state index contributed by atoms with van der Waals surface area (Å²) in [6, 6.07) is 10.9. The highest BCUT2D eigenvalue weighted by atomic mass is 32.2. The Morgan fingerprint density at radius 3 is 2.59 bits per heavy atom. The zero-order valence-corrected chi connectivity index (χ0v) is 17.1. The standard InChI is InChI=1S/C21H17FN2O3S2/c1-29(26,27)16-5-2-14(3-6-16)12-24-13-18(17-7-4-15(22)10-19(17)24)20(25)11-21-23-8-9-28-21/h2-10,13H,11-12H2,1H3. The van der Waals surface area contributed by atoms with E-state index in [4.69, 9.17) is 0 Å². The van der Waals surface area contributed by atoms with Gasteiger partial charge in [0.05, 0.1) is 16.8 Å². The van der Waals surface area contributed by atoms with Crippen molar-refractivity contribution in [2.45, 2.75) is 17.9 Å². The molecule has 8 heteroatoms. The van der Waals surface area contributed by atoms with Gasteiger partial charge in [0.1, 0.15) is 10.8 Å². The Bertz CT molecular complexity index is 1290. The van der Waals surface area contributed by atoms with Crippen LogP contribution in [0.5, 0.6) is 0 Å². The van der Waals surface area contributed by atoms with Crippen molar-refractivity contribution in [2.24, 2.45) is 0 Å². The number of carbonyl (C=O) groups is 1. The van der Waals surface area contributed by atoms with E-state index in [-0.39, 0.29) is 22.9 Å². The van der Waals surface area contributed by atoms with Gasteiger partial charge in [0.25, 0.3) is 0 Å². The summed E-state index contributed by atoms with van der Waals surface area (Å²) in [5.41, 5.74) is 1.97. The maximum atomic E-state index is 13.9. The van der Waals surface area contributed by atoms with Gasteiger partial charge in [-0.2, -0.15) is 0 Å². The molecule has 2 aromatic carbocycles. The summed E-state index contributed by atoms with van der Waals surface area (Å²) < 4.78 is 39.0. The smallest absolute Gasteiger partial charge is 0.175 e. The van der Waals surface area contributed by atoms with Crippen LogP contribution in [0.4, 0.5) is 4.39 Å². The number of hydrogen-bond acceptors (Lipinski definition) is 5. The lowest BCUT2D eigenvalue weighted by atomic mass is 10.1. The highest BCUT2D eigenvalue weighted by molar-refractivity contribution is 7.90. The summed E-state index contributed by atoms with van der Waals surface area (Å²) in [5.74, 6) is -0.467. The molecule has 0 aliphatic rings. The monoisotopic (exact) mass is 428 g/mol. The number of sulfone groups is 1. The van der Waals surface area contributed by atoms with Crippen LogP contribution in [0.3, 0.4) is 0 Å². The quantitative estimate of drug-likeness (QED) is 0.433. The highest BCUT2D eigenvalue weighted by Crippen LogP contribution is 2.25. The van der Waals surface area contributed by atoms with Crippen LogP contribution in [0.15, 0.2) is 65.1 Å². The Hall–Kier alpha value is -2.84. The Balaban J connectivity index is 1.70. The first kappa shape index (κ1) is 19.5. The summed E-state index contributed by atoms with van der Waals surface area (Å²) in [4.78, 5) is 17.2. The fourth-order valence-corrected chi connectivity index (χ4v) is 4.48. The number of Topliss-reactive ketones (excluding diaryl/α,β-unsaturated/α-hetero) is 1. The minimum atomic E-state index is -3.27. The Morgan fingerprint density at radius 2 is 1.93 bits per heavy atom. The number of rotatable bonds is 6. The third-order valence-corrected chi connectivity index (χ3v) is 6.55. The number of ketones is 1. The number of hydrogen-bond donors (Lipinski definition) is 0. The van der Waals surface area contributed by atoms with Crippen LogP contribution in [0.25, 0.3) is 10.9 Å². The van der Waals surface area contributed by atoms with Crippen LogP contribution in [0, 0.1) is 5.82 Å². The predicted octanol–water partition coefficient (Wildman–Crippen LogP) is 4.11. The van der Waals surface area contributed by atoms with Crippen LogP contribution in [0.1, 0.15) is 20.9 Å². The lowest BCUT2D eigenvalue weighted by Crippen LogP contribution is -2.03. The van der Waals surface area contributed by atoms with E-state index in [0.717, 1.165) is 16.8 Å². The molecule has 0 atom stereocenters. The SMILES string of the molecule is CS(=O)(=O)c1ccc(Cn2cc(C(=O)Cc3nccs3)c3ccc(F)cc32)cc1. The van der Waals surface area contributed by atoms with E-state index in [0.29, 0.717) is 23.0 Å². The summed E-state index contributed by atoms with van der Waals surface area (Å²) in [5, 5.41) is 3.23. The first-order valence-corrected chi connectivity index (χ1v) is 11.6. The molecule has 0 spiro atoms. The van der Waals surface area contributed by atoms with Crippen molar-refractivity contribution in [3.05, 3.63) is 82.2 Å². The van der Waals surface area contributed by atoms with Crippen molar-refractivity contribution in [1.82, 2.24) is 9.55 Å². The van der Waals surface area contributed by atoms with E-state index >= 15 is 0 Å². The first-order valence-electron chi connectivity index (χ1n) is 8.80. The van der Waals surface area contributed by atoms with Crippen molar-refractivity contribution in [2.75, 3.05) is 6.26 Å². The molecule has 0 saturated heterocycles. The number of halogens is 1. The van der Waals surface area contributed by atoms with Crippen molar-refractivity contribution < 1.29 is 17.6 Å². The topological polar surface area (TPSA) is 69.0 Å². The Morgan fingerprint density at radius 1 is 1.17 bits per heavy atom. The van der Waals surface area contributed by atoms with Crippen molar-refractivity contribution in [3.63, 3.8) is 0 Å². The molecule has 0 aliphatic carbocycles. The van der Waals surface area contributed by atoms with Gasteiger partial charge in [0.15, 0.2) is 15.6 Å². The molecule has 0 aliphatic heterocycles. The molecule has 4 aromatic rings. The molecule has 148 valence electrons. The maximum Gasteiger partial charge on any atom is 0.175 e. The third kappa shape index (κ3) is 4.13. The van der Waals surface area contributed by atoms with Crippen LogP contribution in [-0.2, 0) is 22.8 Å². The van der Waals surface area contributed by atoms with Gasteiger partial charge >= 0.3 is 0 Å². The number of nitrogens with zero attached hydrogens (tertiary/aromatic N) is 2. The van der Waals surface area contributed by atoms with Gasteiger partial charge in [-0.1, -0.05) is 12.1 Å². The summed E-state index contributed by atoms with van der Waals surface area (Å²) in [6.45, 7) is 0.383. The molecule has 0 fully saturated rings. The van der Waals surface area contributed by atoms with E-state index in [9.17, 15) is 17.6 Å². The van der Waals surface area contributed by atoms with Crippen LogP contribution >= 0.6 is 11.3 Å². The van der Waals surface area contributed by atoms with E-state index in [1.165, 1.54) is 23.5 Å². The van der Waals surface area contributed by atoms with Crippen molar-refractivity contribution in [1.29, 1.82) is 0 Å². The Labute approximate surface area is 171 Å². The molecular formula is C21H17FN2O3S2. The number of thiazole rings is 1. The van der Waals surface area contributed by atoms with Crippen LogP contribution in [0.2, 0.25) is 0 Å². The zero-order chi connectivity index (χ0) is 20.6. The summed E-state index contributed by atoms with van der Waals surface area (Å²) in [7, 11) is -3.27. The van der Waals surface area contributed by atoms with E-state index in [1.807, 2.05) is 9.95 Å². The van der Waals surface area contributed by atoms with Gasteiger partial charge in [-0.3, -0.25) is 4.79 Å². The van der Waals surface area contributed by atoms with E-state index in [1.54, 1.807) is 42.7 Å². The molecule has 0 N–H and O–H groups in total. The van der Waals surface area contributed by atoms with E-state index in [2.05, 4.69) is 4.98 Å². The molecule has 4 rings (SSSR count). The lowest BCUT2D eigenvalue weighted by Gasteiger charge is -2.07. The summed E-state index contributed by atoms with van der Waals surface area (Å²) in [6.07, 6.45) is 4.73. The van der Waals surface area contributed by atoms with Gasteiger partial charge in [-0.15, -0.1) is 11.3 Å². The molecule has 0 bridgehead atoms. The third-order valence-electron chi connectivity index (χ3n) is 4.64. The molecular weight excluding hydrogens is 411 g/mol. The van der Waals surface area contributed by atoms with Gasteiger partial charge in [0, 0.05) is 41.5 Å². The second kappa shape index (κ2) is 7.53. The molecule has 0 amide bonds. The molecule has 2 aromatic heterocycles. The fraction of sp³-hybridized carbons (Fsp3) is 0.143. The Kier molecular flexibility index (Phi) is 5.06. The van der Waals surface area contributed by atoms with Crippen molar-refractivity contribution >= 4 is 37.9 Å². The molecule has 0 saturated carbocycles. The van der Waals surface area contributed by atoms with Crippen LogP contribution < -0.4 is 0 Å². The van der Waals surface area contributed by atoms with Gasteiger partial charge in [-0.25, -0.2) is 17.8 Å². The largest absolute Gasteiger partial charge is 0.342 e. The number of benzene rings is 2. The summed E-state index contributed by atoms with van der Waals surface area (Å²) >= 11 is 1.42. The lowest BCUT2D eigenvalue weighted by molar-refractivity contribution is 0.0994. The first-order chi connectivity index (χ1) is 13.8. The highest BCUT2D eigenvalue weighted by Gasteiger charge is 2.17. The molecule has 29 heavy (non-hydrogen) atoms. The number of aromatic nitrogens is 2. The normalized spacial score (nSPS) is 11.8. The second-order valence-corrected chi connectivity index (χ2v) is 9.77. The van der Waals surface area contributed by atoms with E-state index < -0.39 is 9.84 Å². The molecule has 2 heterocycles. The minimum absolute atomic E-state index is 0.0808. The van der Waals surface area contributed by atoms with Crippen molar-refractivity contribution in [3.8, 4) is 0 Å². The van der Waals surface area contributed by atoms with Gasteiger partial charge in [0.2, 0.25) is 0 Å². The maximum absolute atomic E-state index is 13.9. The van der Waals surface area contributed by atoms with Crippen LogP contribution in [-0.4, -0.2) is 30.0 Å². The van der Waals surface area contributed by atoms with Gasteiger partial charge < -0.3 is 4.57 Å². The molecule has 5 nitrogen and oxygen atoms in total. The average molecular weight is 429 g/mol. The van der Waals surface area contributed by atoms with Gasteiger partial charge in [-0.05, 0) is 35.9 Å². The molecule has 0 radical (unpaired) electrons. The molecule has 0 unspecified atom stereocenters. The number of carbonyl (C=O) groups excluding carboxylic acids is 1. The zero-order valence-electron chi connectivity index (χ0n) is 15.5.